The van der Waals surface area contributed by atoms with Crippen LogP contribution in [0.2, 0.25) is 0 Å². The molecule has 2 aliphatic rings. The number of rotatable bonds is 7. The fourth-order valence-electron chi connectivity index (χ4n) is 3.73. The van der Waals surface area contributed by atoms with E-state index in [0.717, 1.165) is 5.69 Å². The topological polar surface area (TPSA) is 102 Å². The van der Waals surface area contributed by atoms with Crippen LogP contribution in [0.3, 0.4) is 0 Å². The lowest BCUT2D eigenvalue weighted by molar-refractivity contribution is -0.0557. The van der Waals surface area contributed by atoms with Crippen LogP contribution >= 0.6 is 0 Å². The Hall–Kier alpha value is -3.97. The van der Waals surface area contributed by atoms with Crippen LogP contribution in [0.4, 0.5) is 10.2 Å². The van der Waals surface area contributed by atoms with Crippen molar-refractivity contribution in [2.75, 3.05) is 31.8 Å². The van der Waals surface area contributed by atoms with Gasteiger partial charge in [0.2, 0.25) is 5.88 Å². The second-order valence-electron chi connectivity index (χ2n) is 8.13. The summed E-state index contributed by atoms with van der Waals surface area (Å²) in [5.74, 6) is 0.915. The van der Waals surface area contributed by atoms with Gasteiger partial charge in [-0.2, -0.15) is 10.2 Å². The van der Waals surface area contributed by atoms with Crippen molar-refractivity contribution >= 4 is 5.82 Å². The van der Waals surface area contributed by atoms with Crippen LogP contribution in [0.25, 0.3) is 0 Å². The Labute approximate surface area is 196 Å². The number of aromatic nitrogens is 3. The van der Waals surface area contributed by atoms with Crippen molar-refractivity contribution in [2.24, 2.45) is 0 Å². The first kappa shape index (κ1) is 23.2. The number of hydrogen-bond acceptors (Lipinski definition) is 8. The van der Waals surface area contributed by atoms with Crippen molar-refractivity contribution in [3.63, 3.8) is 0 Å². The van der Waals surface area contributed by atoms with E-state index in [9.17, 15) is 14.4 Å². The molecule has 4 heterocycles. The summed E-state index contributed by atoms with van der Waals surface area (Å²) >= 11 is 0. The molecule has 0 aromatic carbocycles. The van der Waals surface area contributed by atoms with Gasteiger partial charge in [-0.3, -0.25) is 9.55 Å². The second-order valence-corrected chi connectivity index (χ2v) is 8.13. The number of halogens is 1. The number of nitrogens with zero attached hydrogens (tertiary/aromatic N) is 5. The Balaban J connectivity index is 1.48. The van der Waals surface area contributed by atoms with Gasteiger partial charge in [0.1, 0.15) is 36.1 Å². The summed E-state index contributed by atoms with van der Waals surface area (Å²) in [7, 11) is 1.91. The van der Waals surface area contributed by atoms with Gasteiger partial charge in [-0.1, -0.05) is 6.08 Å². The molecule has 2 aromatic rings. The molecule has 0 atom stereocenters. The van der Waals surface area contributed by atoms with Gasteiger partial charge in [0, 0.05) is 18.8 Å². The summed E-state index contributed by atoms with van der Waals surface area (Å²) in [6.07, 6.45) is 4.85. The van der Waals surface area contributed by atoms with Gasteiger partial charge < -0.3 is 19.1 Å². The molecule has 1 fully saturated rings. The number of aryl methyl sites for hydroxylation is 1. The Bertz CT molecular complexity index is 1270. The van der Waals surface area contributed by atoms with E-state index in [0.29, 0.717) is 36.9 Å². The maximum atomic E-state index is 13.6. The summed E-state index contributed by atoms with van der Waals surface area (Å²) in [6, 6.07) is 7.00. The lowest BCUT2D eigenvalue weighted by Crippen LogP contribution is -2.60. The summed E-state index contributed by atoms with van der Waals surface area (Å²) < 4.78 is 31.8. The quantitative estimate of drug-likeness (QED) is 0.349. The van der Waals surface area contributed by atoms with E-state index in [-0.39, 0.29) is 35.7 Å². The van der Waals surface area contributed by atoms with Crippen molar-refractivity contribution in [1.82, 2.24) is 14.5 Å². The number of nitriles is 1. The molecule has 2 aromatic heterocycles. The highest BCUT2D eigenvalue weighted by Crippen LogP contribution is 2.37. The third kappa shape index (κ3) is 4.43. The van der Waals surface area contributed by atoms with Crippen LogP contribution in [0.5, 0.6) is 11.6 Å². The molecule has 0 aliphatic carbocycles. The molecule has 4 rings (SSSR count). The maximum Gasteiger partial charge on any atom is 0.352 e. The van der Waals surface area contributed by atoms with E-state index in [4.69, 9.17) is 14.2 Å². The van der Waals surface area contributed by atoms with Crippen LogP contribution in [0.15, 0.2) is 64.6 Å². The zero-order chi connectivity index (χ0) is 24.3. The third-order valence-corrected chi connectivity index (χ3v) is 5.90. The summed E-state index contributed by atoms with van der Waals surface area (Å²) in [5, 5.41) is 9.57. The molecule has 0 bridgehead atoms. The molecule has 1 saturated heterocycles. The van der Waals surface area contributed by atoms with Crippen molar-refractivity contribution < 1.29 is 18.6 Å². The maximum absolute atomic E-state index is 13.6. The first-order valence-electron chi connectivity index (χ1n) is 10.6. The highest BCUT2D eigenvalue weighted by atomic mass is 19.1. The average molecular weight is 465 g/mol. The zero-order valence-electron chi connectivity index (χ0n) is 19.1. The number of likely N-dealkylation sites (N-methyl/N-ethyl adjacent to an activating group) is 1. The van der Waals surface area contributed by atoms with Crippen molar-refractivity contribution in [3.8, 4) is 17.7 Å². The van der Waals surface area contributed by atoms with Gasteiger partial charge >= 0.3 is 5.69 Å². The minimum atomic E-state index is -0.402. The first-order valence-corrected chi connectivity index (χ1v) is 10.6. The van der Waals surface area contributed by atoms with Crippen LogP contribution in [-0.4, -0.2) is 46.9 Å². The Morgan fingerprint density at radius 2 is 2.21 bits per heavy atom. The monoisotopic (exact) mass is 465 g/mol. The van der Waals surface area contributed by atoms with Crippen molar-refractivity contribution in [2.45, 2.75) is 25.9 Å². The molecule has 2 aliphatic heterocycles. The fourth-order valence-corrected chi connectivity index (χ4v) is 3.73. The fraction of sp³-hybridized carbons (Fsp3) is 0.333. The van der Waals surface area contributed by atoms with Gasteiger partial charge in [-0.15, -0.1) is 0 Å². The predicted molar refractivity (Wildman–Crippen MR) is 122 cm³/mol. The van der Waals surface area contributed by atoms with Crippen molar-refractivity contribution in [3.05, 3.63) is 76.0 Å². The minimum Gasteiger partial charge on any atom is -0.473 e. The Kier molecular flexibility index (Phi) is 6.47. The number of pyridine rings is 1. The van der Waals surface area contributed by atoms with Crippen LogP contribution in [-0.2, 0) is 11.3 Å². The van der Waals surface area contributed by atoms with Gasteiger partial charge in [0.15, 0.2) is 5.76 Å². The normalized spacial score (nSPS) is 17.3. The standard InChI is InChI=1S/C24H24FN5O4/c1-4-17(7-18(10-26)20(9-25)34-19-6-5-16(2)27-11-19)12-33-21-8-22-29(3)24(14-32-15-24)13-30(22)23(31)28-21/h4-9,11H,12-15H2,1-3H3/b17-4+,18-7-,20-9-. The van der Waals surface area contributed by atoms with Gasteiger partial charge in [0.25, 0.3) is 0 Å². The molecule has 0 radical (unpaired) electrons. The smallest absolute Gasteiger partial charge is 0.352 e. The molecule has 9 nitrogen and oxygen atoms in total. The van der Waals surface area contributed by atoms with Crippen LogP contribution in [0.1, 0.15) is 12.6 Å². The molecule has 0 saturated carbocycles. The van der Waals surface area contributed by atoms with Gasteiger partial charge in [-0.05, 0) is 37.6 Å². The van der Waals surface area contributed by atoms with E-state index in [2.05, 4.69) is 9.97 Å². The molecule has 0 amide bonds. The van der Waals surface area contributed by atoms with Crippen LogP contribution in [0, 0.1) is 18.3 Å². The lowest BCUT2D eigenvalue weighted by atomic mass is 9.97. The van der Waals surface area contributed by atoms with E-state index >= 15 is 0 Å². The molecule has 1 spiro atoms. The lowest BCUT2D eigenvalue weighted by Gasteiger charge is -2.43. The SMILES string of the molecule is C\C=C(/C=C(C#N)\C(=C\F)Oc1ccc(C)nc1)COc1cc2n(c(=O)n1)CC1(COC1)N2C. The number of anilines is 1. The average Bonchev–Trinajstić information content (AvgIpc) is 3.13. The molecule has 176 valence electrons. The number of hydrogen-bond donors (Lipinski definition) is 0. The first-order chi connectivity index (χ1) is 16.4. The van der Waals surface area contributed by atoms with E-state index in [1.165, 1.54) is 12.3 Å². The molecule has 0 N–H and O–H groups in total. The molecular formula is C24H24FN5O4. The minimum absolute atomic E-state index is 0.0151. The van der Waals surface area contributed by atoms with Crippen LogP contribution < -0.4 is 20.1 Å². The molecular weight excluding hydrogens is 441 g/mol. The summed E-state index contributed by atoms with van der Waals surface area (Å²) in [4.78, 5) is 22.7. The van der Waals surface area contributed by atoms with E-state index < -0.39 is 5.69 Å². The van der Waals surface area contributed by atoms with Gasteiger partial charge in [-0.25, -0.2) is 9.18 Å². The van der Waals surface area contributed by atoms with Crippen molar-refractivity contribution in [1.29, 1.82) is 5.26 Å². The highest BCUT2D eigenvalue weighted by molar-refractivity contribution is 5.50. The Morgan fingerprint density at radius 3 is 2.79 bits per heavy atom. The molecule has 0 unspecified atom stereocenters. The Morgan fingerprint density at radius 1 is 1.41 bits per heavy atom. The molecule has 10 heteroatoms. The van der Waals surface area contributed by atoms with E-state index in [1.807, 2.05) is 24.9 Å². The number of fused-ring (bicyclic) bond motifs is 1. The van der Waals surface area contributed by atoms with E-state index in [1.54, 1.807) is 35.8 Å². The second kappa shape index (κ2) is 9.49. The zero-order valence-corrected chi connectivity index (χ0v) is 19.1. The van der Waals surface area contributed by atoms with Gasteiger partial charge in [0.05, 0.1) is 31.5 Å². The molecule has 34 heavy (non-hydrogen) atoms. The largest absolute Gasteiger partial charge is 0.473 e. The summed E-state index contributed by atoms with van der Waals surface area (Å²) in [6.45, 7) is 5.21. The predicted octanol–water partition coefficient (Wildman–Crippen LogP) is 2.83. The summed E-state index contributed by atoms with van der Waals surface area (Å²) in [5.41, 5.74) is 0.702. The highest BCUT2D eigenvalue weighted by Gasteiger charge is 2.48. The number of ether oxygens (including phenoxy) is 3. The number of allylic oxidation sites excluding steroid dienone is 2. The third-order valence-electron chi connectivity index (χ3n) is 5.90.